The van der Waals surface area contributed by atoms with Crippen LogP contribution in [0.1, 0.15) is 26.2 Å². The van der Waals surface area contributed by atoms with E-state index in [1.54, 1.807) is 0 Å². The molecule has 3 N–H and O–H groups in total. The van der Waals surface area contributed by atoms with Crippen molar-refractivity contribution in [2.24, 2.45) is 16.8 Å². The second kappa shape index (κ2) is 5.69. The van der Waals surface area contributed by atoms with E-state index in [0.717, 1.165) is 25.7 Å². The fourth-order valence-electron chi connectivity index (χ4n) is 2.97. The number of hydrogen-bond acceptors (Lipinski definition) is 4. The summed E-state index contributed by atoms with van der Waals surface area (Å²) >= 11 is 0. The lowest BCUT2D eigenvalue weighted by molar-refractivity contribution is 0.0464. The van der Waals surface area contributed by atoms with E-state index in [1.807, 2.05) is 6.92 Å². The van der Waals surface area contributed by atoms with Gasteiger partial charge in [0, 0.05) is 38.1 Å². The van der Waals surface area contributed by atoms with Crippen molar-refractivity contribution in [1.29, 1.82) is 0 Å². The van der Waals surface area contributed by atoms with Crippen LogP contribution >= 0.6 is 0 Å². The van der Waals surface area contributed by atoms with Crippen LogP contribution in [0.2, 0.25) is 0 Å². The minimum Gasteiger partial charge on any atom is -0.409 e. The number of amidine groups is 1. The Hall–Kier alpha value is -0.810. The van der Waals surface area contributed by atoms with Crippen molar-refractivity contribution in [3.05, 3.63) is 0 Å². The molecule has 0 bridgehead atoms. The number of piperazine rings is 1. The van der Waals surface area contributed by atoms with Gasteiger partial charge in [-0.15, -0.1) is 0 Å². The Labute approximate surface area is 103 Å². The maximum absolute atomic E-state index is 8.66. The minimum atomic E-state index is 0.134. The molecule has 0 spiro atoms. The Morgan fingerprint density at radius 2 is 2.24 bits per heavy atom. The van der Waals surface area contributed by atoms with Crippen LogP contribution in [0, 0.1) is 5.92 Å². The van der Waals surface area contributed by atoms with Crippen LogP contribution < -0.4 is 5.73 Å². The highest BCUT2D eigenvalue weighted by Crippen LogP contribution is 2.21. The molecule has 5 heteroatoms. The van der Waals surface area contributed by atoms with Crippen molar-refractivity contribution in [3.63, 3.8) is 0 Å². The van der Waals surface area contributed by atoms with Crippen LogP contribution in [0.5, 0.6) is 0 Å². The third-order valence-corrected chi connectivity index (χ3v) is 4.07. The lowest BCUT2D eigenvalue weighted by Crippen LogP contribution is -2.55. The van der Waals surface area contributed by atoms with Gasteiger partial charge in [-0.2, -0.15) is 0 Å². The summed E-state index contributed by atoms with van der Waals surface area (Å²) in [5.74, 6) is 0.478. The number of nitrogens with two attached hydrogens (primary N) is 1. The molecule has 2 fully saturated rings. The van der Waals surface area contributed by atoms with E-state index >= 15 is 0 Å². The third kappa shape index (κ3) is 3.10. The predicted molar refractivity (Wildman–Crippen MR) is 68.2 cm³/mol. The van der Waals surface area contributed by atoms with Crippen molar-refractivity contribution in [2.75, 3.05) is 32.7 Å². The fraction of sp³-hybridized carbons (Fsp3) is 0.917. The smallest absolute Gasteiger partial charge is 0.143 e. The summed E-state index contributed by atoms with van der Waals surface area (Å²) in [4.78, 5) is 5.07. The number of nitrogens with zero attached hydrogens (tertiary/aromatic N) is 3. The molecular weight excluding hydrogens is 216 g/mol. The molecular formula is C12H24N4O. The minimum absolute atomic E-state index is 0.134. The molecule has 2 saturated heterocycles. The molecule has 0 aromatic rings. The maximum atomic E-state index is 8.66. The van der Waals surface area contributed by atoms with Gasteiger partial charge in [0.25, 0.3) is 0 Å². The summed E-state index contributed by atoms with van der Waals surface area (Å²) in [5.41, 5.74) is 5.63. The van der Waals surface area contributed by atoms with Crippen molar-refractivity contribution in [2.45, 2.75) is 32.2 Å². The number of oxime groups is 1. The molecule has 2 aliphatic heterocycles. The van der Waals surface area contributed by atoms with Crippen molar-refractivity contribution in [3.8, 4) is 0 Å². The molecule has 0 amide bonds. The van der Waals surface area contributed by atoms with Crippen LogP contribution in [0.25, 0.3) is 0 Å². The molecule has 17 heavy (non-hydrogen) atoms. The molecule has 5 nitrogen and oxygen atoms in total. The molecule has 0 radical (unpaired) electrons. The van der Waals surface area contributed by atoms with Crippen molar-refractivity contribution in [1.82, 2.24) is 9.80 Å². The number of fused-ring (bicyclic) bond motifs is 1. The van der Waals surface area contributed by atoms with Crippen LogP contribution in [0.15, 0.2) is 5.16 Å². The van der Waals surface area contributed by atoms with Gasteiger partial charge in [-0.3, -0.25) is 9.80 Å². The quantitative estimate of drug-likeness (QED) is 0.327. The van der Waals surface area contributed by atoms with Gasteiger partial charge in [-0.05, 0) is 19.4 Å². The van der Waals surface area contributed by atoms with Gasteiger partial charge in [-0.1, -0.05) is 18.5 Å². The van der Waals surface area contributed by atoms with E-state index in [2.05, 4.69) is 15.0 Å². The van der Waals surface area contributed by atoms with Crippen molar-refractivity contribution >= 4 is 5.84 Å². The topological polar surface area (TPSA) is 65.1 Å². The lowest BCUT2D eigenvalue weighted by atomic mass is 9.99. The highest BCUT2D eigenvalue weighted by molar-refractivity contribution is 5.82. The SMILES string of the molecule is CC(CN1CCN2CCCCC2C1)C(N)=NO. The number of hydrogen-bond donors (Lipinski definition) is 2. The molecule has 0 aromatic heterocycles. The van der Waals surface area contributed by atoms with Gasteiger partial charge in [0.2, 0.25) is 0 Å². The van der Waals surface area contributed by atoms with Gasteiger partial charge in [0.1, 0.15) is 5.84 Å². The Kier molecular flexibility index (Phi) is 4.23. The van der Waals surface area contributed by atoms with Gasteiger partial charge in [0.15, 0.2) is 0 Å². The highest BCUT2D eigenvalue weighted by atomic mass is 16.4. The summed E-state index contributed by atoms with van der Waals surface area (Å²) in [6.45, 7) is 7.62. The number of piperidine rings is 1. The highest BCUT2D eigenvalue weighted by Gasteiger charge is 2.29. The molecule has 0 aliphatic carbocycles. The van der Waals surface area contributed by atoms with Gasteiger partial charge in [-0.25, -0.2) is 0 Å². The summed E-state index contributed by atoms with van der Waals surface area (Å²) in [5, 5.41) is 11.8. The summed E-state index contributed by atoms with van der Waals surface area (Å²) in [6.07, 6.45) is 4.05. The first-order valence-electron chi connectivity index (χ1n) is 6.64. The van der Waals surface area contributed by atoms with Crippen LogP contribution in [-0.4, -0.2) is 59.6 Å². The normalized spacial score (nSPS) is 29.9. The van der Waals surface area contributed by atoms with Crippen LogP contribution in [-0.2, 0) is 0 Å². The summed E-state index contributed by atoms with van der Waals surface area (Å²) in [7, 11) is 0. The first-order valence-corrected chi connectivity index (χ1v) is 6.64. The first-order chi connectivity index (χ1) is 8.20. The average molecular weight is 240 g/mol. The fourth-order valence-corrected chi connectivity index (χ4v) is 2.97. The zero-order valence-corrected chi connectivity index (χ0v) is 10.7. The van der Waals surface area contributed by atoms with E-state index < -0.39 is 0 Å². The Morgan fingerprint density at radius 3 is 3.00 bits per heavy atom. The van der Waals surface area contributed by atoms with E-state index in [4.69, 9.17) is 10.9 Å². The molecule has 2 heterocycles. The Morgan fingerprint density at radius 1 is 1.41 bits per heavy atom. The second-order valence-corrected chi connectivity index (χ2v) is 5.37. The molecule has 2 rings (SSSR count). The Balaban J connectivity index is 1.83. The molecule has 0 saturated carbocycles. The predicted octanol–water partition coefficient (Wildman–Crippen LogP) is 0.539. The van der Waals surface area contributed by atoms with Gasteiger partial charge >= 0.3 is 0 Å². The molecule has 0 aromatic carbocycles. The average Bonchev–Trinajstić information content (AvgIpc) is 2.37. The molecule has 98 valence electrons. The van der Waals surface area contributed by atoms with E-state index in [9.17, 15) is 0 Å². The second-order valence-electron chi connectivity index (χ2n) is 5.37. The molecule has 2 aliphatic rings. The largest absolute Gasteiger partial charge is 0.409 e. The zero-order valence-electron chi connectivity index (χ0n) is 10.7. The van der Waals surface area contributed by atoms with Gasteiger partial charge in [0.05, 0.1) is 0 Å². The van der Waals surface area contributed by atoms with Gasteiger partial charge < -0.3 is 10.9 Å². The zero-order chi connectivity index (χ0) is 12.3. The monoisotopic (exact) mass is 240 g/mol. The van der Waals surface area contributed by atoms with Crippen molar-refractivity contribution < 1.29 is 5.21 Å². The van der Waals surface area contributed by atoms with Crippen LogP contribution in [0.4, 0.5) is 0 Å². The number of rotatable bonds is 3. The summed E-state index contributed by atoms with van der Waals surface area (Å²) in [6, 6.07) is 0.733. The molecule has 2 atom stereocenters. The third-order valence-electron chi connectivity index (χ3n) is 4.07. The summed E-state index contributed by atoms with van der Waals surface area (Å²) < 4.78 is 0. The first kappa shape index (κ1) is 12.6. The lowest BCUT2D eigenvalue weighted by Gasteiger charge is -2.44. The Bertz CT molecular complexity index is 282. The van der Waals surface area contributed by atoms with Crippen LogP contribution in [0.3, 0.4) is 0 Å². The van der Waals surface area contributed by atoms with E-state index in [1.165, 1.54) is 32.4 Å². The van der Waals surface area contributed by atoms with E-state index in [0.29, 0.717) is 5.84 Å². The molecule has 2 unspecified atom stereocenters. The maximum Gasteiger partial charge on any atom is 0.143 e. The van der Waals surface area contributed by atoms with E-state index in [-0.39, 0.29) is 5.92 Å². The standard InChI is InChI=1S/C12H24N4O/c1-10(12(13)14-17)8-15-6-7-16-5-3-2-4-11(16)9-15/h10-11,17H,2-9H2,1H3,(H2,13,14).